The summed E-state index contributed by atoms with van der Waals surface area (Å²) in [6.07, 6.45) is 1.47. The second kappa shape index (κ2) is 10.2. The fourth-order valence-corrected chi connectivity index (χ4v) is 3.86. The molecule has 11 heteroatoms. The number of amides is 1. The molecule has 0 saturated carbocycles. The number of anilines is 2. The summed E-state index contributed by atoms with van der Waals surface area (Å²) in [4.78, 5) is 37.3. The Morgan fingerprint density at radius 2 is 2.00 bits per heavy atom. The Bertz CT molecular complexity index is 1140. The van der Waals surface area contributed by atoms with Crippen LogP contribution in [0.3, 0.4) is 0 Å². The summed E-state index contributed by atoms with van der Waals surface area (Å²) < 4.78 is 20.6. The van der Waals surface area contributed by atoms with E-state index in [1.54, 1.807) is 24.4 Å². The van der Waals surface area contributed by atoms with Gasteiger partial charge in [-0.2, -0.15) is 0 Å². The number of carbonyl (C=O) groups is 3. The molecule has 0 bridgehead atoms. The highest BCUT2D eigenvalue weighted by Crippen LogP contribution is 2.36. The number of esters is 2. The highest BCUT2D eigenvalue weighted by Gasteiger charge is 2.25. The average molecular weight is 479 g/mol. The van der Waals surface area contributed by atoms with Crippen LogP contribution in [0.25, 0.3) is 11.3 Å². The van der Waals surface area contributed by atoms with Gasteiger partial charge in [0, 0.05) is 17.0 Å². The van der Waals surface area contributed by atoms with Crippen molar-refractivity contribution in [3.05, 3.63) is 52.1 Å². The van der Waals surface area contributed by atoms with Crippen LogP contribution in [0, 0.1) is 0 Å². The summed E-state index contributed by atoms with van der Waals surface area (Å²) in [6.45, 7) is 1.22. The fourth-order valence-electron chi connectivity index (χ4n) is 2.74. The van der Waals surface area contributed by atoms with Crippen LogP contribution >= 0.6 is 22.9 Å². The van der Waals surface area contributed by atoms with Crippen LogP contribution in [0.5, 0.6) is 5.75 Å². The molecule has 3 N–H and O–H groups in total. The van der Waals surface area contributed by atoms with Crippen molar-refractivity contribution < 1.29 is 33.0 Å². The molecule has 0 aliphatic rings. The molecular weight excluding hydrogens is 460 g/mol. The molecule has 0 fully saturated rings. The van der Waals surface area contributed by atoms with E-state index >= 15 is 0 Å². The standard InChI is InChI=1S/C21H19ClN2O7S/c1-3-29-21(27)18-12(15-5-4-6-30-15)10-32-19(18)24-17(25)9-31-20(26)11-7-13(22)14(23)8-16(11)28-2/h4-8,10H,3,9,23H2,1-2H3,(H,24,25). The van der Waals surface area contributed by atoms with E-state index in [1.165, 1.54) is 25.5 Å². The molecule has 168 valence electrons. The molecule has 0 saturated heterocycles. The molecule has 1 aromatic carbocycles. The maximum Gasteiger partial charge on any atom is 0.342 e. The first-order valence-electron chi connectivity index (χ1n) is 9.28. The highest BCUT2D eigenvalue weighted by molar-refractivity contribution is 7.15. The Hall–Kier alpha value is -3.50. The maximum absolute atomic E-state index is 12.5. The summed E-state index contributed by atoms with van der Waals surface area (Å²) in [6, 6.07) is 6.04. The van der Waals surface area contributed by atoms with Crippen LogP contribution in [0.4, 0.5) is 10.7 Å². The van der Waals surface area contributed by atoms with Gasteiger partial charge >= 0.3 is 11.9 Å². The molecule has 3 rings (SSSR count). The van der Waals surface area contributed by atoms with Crippen molar-refractivity contribution in [3.63, 3.8) is 0 Å². The van der Waals surface area contributed by atoms with Gasteiger partial charge in [0.15, 0.2) is 6.61 Å². The van der Waals surface area contributed by atoms with Crippen molar-refractivity contribution >= 4 is 51.5 Å². The van der Waals surface area contributed by atoms with E-state index in [-0.39, 0.29) is 39.2 Å². The van der Waals surface area contributed by atoms with Crippen molar-refractivity contribution in [1.82, 2.24) is 0 Å². The summed E-state index contributed by atoms with van der Waals surface area (Å²) in [5.41, 5.74) is 6.58. The zero-order valence-corrected chi connectivity index (χ0v) is 18.7. The lowest BCUT2D eigenvalue weighted by atomic mass is 10.1. The number of nitrogens with one attached hydrogen (secondary N) is 1. The Morgan fingerprint density at radius 1 is 1.22 bits per heavy atom. The summed E-state index contributed by atoms with van der Waals surface area (Å²) >= 11 is 7.07. The van der Waals surface area contributed by atoms with Gasteiger partial charge in [-0.25, -0.2) is 9.59 Å². The van der Waals surface area contributed by atoms with Crippen molar-refractivity contribution in [2.45, 2.75) is 6.92 Å². The Morgan fingerprint density at radius 3 is 2.66 bits per heavy atom. The number of ether oxygens (including phenoxy) is 3. The highest BCUT2D eigenvalue weighted by atomic mass is 35.5. The molecule has 0 unspecified atom stereocenters. The Labute approximate surface area is 192 Å². The number of thiophene rings is 1. The zero-order valence-electron chi connectivity index (χ0n) is 17.1. The summed E-state index contributed by atoms with van der Waals surface area (Å²) in [7, 11) is 1.36. The molecule has 0 atom stereocenters. The van der Waals surface area contributed by atoms with E-state index in [0.717, 1.165) is 11.3 Å². The van der Waals surface area contributed by atoms with Crippen molar-refractivity contribution in [2.75, 3.05) is 31.4 Å². The third-order valence-corrected chi connectivity index (χ3v) is 5.41. The van der Waals surface area contributed by atoms with E-state index in [2.05, 4.69) is 5.32 Å². The quantitative estimate of drug-likeness (QED) is 0.363. The van der Waals surface area contributed by atoms with Gasteiger partial charge in [-0.1, -0.05) is 11.6 Å². The number of halogens is 1. The second-order valence-corrected chi connectivity index (χ2v) is 7.54. The fraction of sp³-hybridized carbons (Fsp3) is 0.190. The van der Waals surface area contributed by atoms with E-state index in [0.29, 0.717) is 11.3 Å². The van der Waals surface area contributed by atoms with Crippen molar-refractivity contribution in [1.29, 1.82) is 0 Å². The van der Waals surface area contributed by atoms with E-state index in [9.17, 15) is 14.4 Å². The summed E-state index contributed by atoms with van der Waals surface area (Å²) in [5.74, 6) is -1.50. The number of carbonyl (C=O) groups excluding carboxylic acids is 3. The minimum absolute atomic E-state index is 0.0166. The normalized spacial score (nSPS) is 10.5. The molecule has 32 heavy (non-hydrogen) atoms. The van der Waals surface area contributed by atoms with Crippen LogP contribution in [0.15, 0.2) is 40.3 Å². The predicted octanol–water partition coefficient (Wildman–Crippen LogP) is 4.22. The summed E-state index contributed by atoms with van der Waals surface area (Å²) in [5, 5.41) is 4.61. The number of hydrogen-bond acceptors (Lipinski definition) is 9. The molecule has 0 spiro atoms. The smallest absolute Gasteiger partial charge is 0.342 e. The minimum atomic E-state index is -0.827. The third-order valence-electron chi connectivity index (χ3n) is 4.18. The molecule has 2 aromatic heterocycles. The maximum atomic E-state index is 12.5. The van der Waals surface area contributed by atoms with Gasteiger partial charge in [-0.05, 0) is 25.1 Å². The Balaban J connectivity index is 1.74. The van der Waals surface area contributed by atoms with Crippen LogP contribution in [0.1, 0.15) is 27.6 Å². The van der Waals surface area contributed by atoms with Gasteiger partial charge in [0.2, 0.25) is 0 Å². The molecule has 2 heterocycles. The zero-order chi connectivity index (χ0) is 23.3. The molecule has 9 nitrogen and oxygen atoms in total. The molecule has 0 aliphatic carbocycles. The number of rotatable bonds is 8. The number of nitrogens with two attached hydrogens (primary N) is 1. The van der Waals surface area contributed by atoms with E-state index in [1.807, 2.05) is 0 Å². The monoisotopic (exact) mass is 478 g/mol. The first-order valence-corrected chi connectivity index (χ1v) is 10.5. The van der Waals surface area contributed by atoms with E-state index in [4.69, 9.17) is 36.0 Å². The van der Waals surface area contributed by atoms with Gasteiger partial charge in [0.05, 0.1) is 30.7 Å². The minimum Gasteiger partial charge on any atom is -0.496 e. The van der Waals surface area contributed by atoms with Crippen LogP contribution in [-0.2, 0) is 14.3 Å². The lowest BCUT2D eigenvalue weighted by molar-refractivity contribution is -0.119. The van der Waals surface area contributed by atoms with Crippen molar-refractivity contribution in [2.24, 2.45) is 0 Å². The first-order chi connectivity index (χ1) is 15.3. The van der Waals surface area contributed by atoms with Gasteiger partial charge in [0.1, 0.15) is 27.6 Å². The number of methoxy groups -OCH3 is 1. The number of furan rings is 1. The van der Waals surface area contributed by atoms with Gasteiger partial charge in [-0.15, -0.1) is 11.3 Å². The SMILES string of the molecule is CCOC(=O)c1c(-c2ccco2)csc1NC(=O)COC(=O)c1cc(Cl)c(N)cc1OC. The van der Waals surface area contributed by atoms with E-state index < -0.39 is 24.5 Å². The predicted molar refractivity (Wildman–Crippen MR) is 119 cm³/mol. The molecular formula is C21H19ClN2O7S. The van der Waals surface area contributed by atoms with Gasteiger partial charge in [-0.3, -0.25) is 4.79 Å². The lowest BCUT2D eigenvalue weighted by Crippen LogP contribution is -2.22. The first kappa shape index (κ1) is 23.2. The Kier molecular flexibility index (Phi) is 7.39. The number of benzene rings is 1. The van der Waals surface area contributed by atoms with Gasteiger partial charge in [0.25, 0.3) is 5.91 Å². The number of hydrogen-bond donors (Lipinski definition) is 2. The molecule has 0 aliphatic heterocycles. The average Bonchev–Trinajstić information content (AvgIpc) is 3.43. The molecule has 1 amide bonds. The van der Waals surface area contributed by atoms with Crippen LogP contribution in [0.2, 0.25) is 5.02 Å². The number of nitrogen functional groups attached to an aromatic ring is 1. The largest absolute Gasteiger partial charge is 0.496 e. The molecule has 0 radical (unpaired) electrons. The van der Waals surface area contributed by atoms with Crippen molar-refractivity contribution in [3.8, 4) is 17.1 Å². The lowest BCUT2D eigenvalue weighted by Gasteiger charge is -2.11. The third kappa shape index (κ3) is 5.04. The second-order valence-electron chi connectivity index (χ2n) is 6.25. The topological polar surface area (TPSA) is 130 Å². The van der Waals surface area contributed by atoms with Crippen LogP contribution < -0.4 is 15.8 Å². The van der Waals surface area contributed by atoms with Crippen LogP contribution in [-0.4, -0.2) is 38.2 Å². The van der Waals surface area contributed by atoms with Gasteiger partial charge < -0.3 is 29.7 Å². The molecule has 3 aromatic rings.